The van der Waals surface area contributed by atoms with Crippen molar-refractivity contribution in [2.45, 2.75) is 77.4 Å². The number of hydrogen-bond acceptors (Lipinski definition) is 2. The number of allylic oxidation sites excluding steroid dienone is 1. The molecule has 0 aliphatic heterocycles. The first-order valence-corrected chi connectivity index (χ1v) is 9.37. The van der Waals surface area contributed by atoms with Crippen molar-refractivity contribution < 1.29 is 9.84 Å². The molecule has 0 unspecified atom stereocenters. The van der Waals surface area contributed by atoms with Crippen molar-refractivity contribution in [3.63, 3.8) is 0 Å². The molecule has 2 nitrogen and oxygen atoms in total. The Kier molecular flexibility index (Phi) is 3.51. The Labute approximate surface area is 135 Å². The molecule has 124 valence electrons. The van der Waals surface area contributed by atoms with Gasteiger partial charge in [0, 0.05) is 7.11 Å². The van der Waals surface area contributed by atoms with Crippen LogP contribution in [0.2, 0.25) is 0 Å². The smallest absolute Gasteiger partial charge is 0.0608 e. The number of aliphatic hydroxyl groups excluding tert-OH is 1. The summed E-state index contributed by atoms with van der Waals surface area (Å²) in [6.07, 6.45) is 12.7. The van der Waals surface area contributed by atoms with Crippen LogP contribution in [0.25, 0.3) is 0 Å². The Morgan fingerprint density at radius 3 is 2.77 bits per heavy atom. The van der Waals surface area contributed by atoms with Crippen molar-refractivity contribution in [2.24, 2.45) is 28.6 Å². The summed E-state index contributed by atoms with van der Waals surface area (Å²) in [5.41, 5.74) is 2.51. The van der Waals surface area contributed by atoms with E-state index < -0.39 is 0 Å². The van der Waals surface area contributed by atoms with Crippen LogP contribution in [0, 0.1) is 28.6 Å². The molecule has 4 aliphatic carbocycles. The van der Waals surface area contributed by atoms with Crippen LogP contribution in [0.15, 0.2) is 11.6 Å². The van der Waals surface area contributed by atoms with Crippen molar-refractivity contribution in [3.05, 3.63) is 11.6 Å². The average Bonchev–Trinajstić information content (AvgIpc) is 2.80. The highest BCUT2D eigenvalue weighted by molar-refractivity contribution is 5.25. The SMILES string of the molecule is CO[C@@H]1CC[C@@]2(C)C(=CC[C@H]3[C@@H]4C[C@@H](O)C[C@@]4(C)CC[C@@H]32)C1. The molecule has 4 rings (SSSR count). The van der Waals surface area contributed by atoms with E-state index in [1.54, 1.807) is 5.57 Å². The standard InChI is InChI=1S/C20H32O2/c1-19-8-7-17-16(18(19)11-14(21)12-19)5-4-13-10-15(22-3)6-9-20(13,17)2/h4,14-18,21H,5-12H2,1-3H3/t14-,15-,16-,17+,18+,19-,20+/m1/s1. The fourth-order valence-corrected chi connectivity index (χ4v) is 6.85. The van der Waals surface area contributed by atoms with E-state index >= 15 is 0 Å². The molecular weight excluding hydrogens is 272 g/mol. The second kappa shape index (κ2) is 5.08. The van der Waals surface area contributed by atoms with Crippen LogP contribution in [0.1, 0.15) is 65.2 Å². The van der Waals surface area contributed by atoms with Gasteiger partial charge in [-0.15, -0.1) is 0 Å². The Bertz CT molecular complexity index is 484. The average molecular weight is 304 g/mol. The predicted octanol–water partition coefficient (Wildman–Crippen LogP) is 4.33. The molecule has 22 heavy (non-hydrogen) atoms. The van der Waals surface area contributed by atoms with E-state index in [0.717, 1.165) is 37.0 Å². The fraction of sp³-hybridized carbons (Fsp3) is 0.900. The molecule has 1 N–H and O–H groups in total. The molecule has 3 saturated carbocycles. The molecule has 0 aromatic rings. The van der Waals surface area contributed by atoms with Crippen LogP contribution < -0.4 is 0 Å². The summed E-state index contributed by atoms with van der Waals surface area (Å²) >= 11 is 0. The van der Waals surface area contributed by atoms with Crippen LogP contribution >= 0.6 is 0 Å². The maximum atomic E-state index is 10.2. The summed E-state index contributed by atoms with van der Waals surface area (Å²) in [6, 6.07) is 0. The van der Waals surface area contributed by atoms with E-state index in [4.69, 9.17) is 4.74 Å². The first kappa shape index (κ1) is 15.2. The summed E-state index contributed by atoms with van der Waals surface area (Å²) in [7, 11) is 1.87. The Morgan fingerprint density at radius 2 is 2.00 bits per heavy atom. The lowest BCUT2D eigenvalue weighted by Gasteiger charge is -2.57. The third kappa shape index (κ3) is 2.06. The zero-order chi connectivity index (χ0) is 15.5. The number of fused-ring (bicyclic) bond motifs is 5. The number of ether oxygens (including phenoxy) is 1. The molecule has 0 heterocycles. The molecule has 0 spiro atoms. The number of aliphatic hydroxyl groups is 1. The Hall–Kier alpha value is -0.340. The van der Waals surface area contributed by atoms with Gasteiger partial charge in [-0.3, -0.25) is 0 Å². The molecule has 7 atom stereocenters. The highest BCUT2D eigenvalue weighted by atomic mass is 16.5. The van der Waals surface area contributed by atoms with Crippen molar-refractivity contribution in [3.8, 4) is 0 Å². The van der Waals surface area contributed by atoms with E-state index in [1.807, 2.05) is 7.11 Å². The van der Waals surface area contributed by atoms with Crippen molar-refractivity contribution in [1.82, 2.24) is 0 Å². The van der Waals surface area contributed by atoms with Crippen LogP contribution in [0.5, 0.6) is 0 Å². The zero-order valence-corrected chi connectivity index (χ0v) is 14.5. The number of rotatable bonds is 1. The van der Waals surface area contributed by atoms with Gasteiger partial charge in [0.05, 0.1) is 12.2 Å². The summed E-state index contributed by atoms with van der Waals surface area (Å²) in [5, 5.41) is 10.2. The minimum atomic E-state index is -0.0452. The Balaban J connectivity index is 1.64. The predicted molar refractivity (Wildman–Crippen MR) is 88.5 cm³/mol. The van der Waals surface area contributed by atoms with Crippen LogP contribution in [-0.2, 0) is 4.74 Å². The zero-order valence-electron chi connectivity index (χ0n) is 14.5. The molecule has 0 bridgehead atoms. The van der Waals surface area contributed by atoms with Crippen molar-refractivity contribution in [2.75, 3.05) is 7.11 Å². The van der Waals surface area contributed by atoms with Gasteiger partial charge in [0.1, 0.15) is 0 Å². The highest BCUT2D eigenvalue weighted by Gasteiger charge is 2.57. The van der Waals surface area contributed by atoms with Crippen molar-refractivity contribution >= 4 is 0 Å². The third-order valence-corrected chi connectivity index (χ3v) is 8.14. The van der Waals surface area contributed by atoms with Gasteiger partial charge >= 0.3 is 0 Å². The molecule has 2 heteroatoms. The van der Waals surface area contributed by atoms with E-state index in [9.17, 15) is 5.11 Å². The van der Waals surface area contributed by atoms with Crippen molar-refractivity contribution in [1.29, 1.82) is 0 Å². The van der Waals surface area contributed by atoms with Gasteiger partial charge in [-0.2, -0.15) is 0 Å². The minimum absolute atomic E-state index is 0.0452. The summed E-state index contributed by atoms with van der Waals surface area (Å²) in [4.78, 5) is 0. The summed E-state index contributed by atoms with van der Waals surface area (Å²) in [5.74, 6) is 2.40. The third-order valence-electron chi connectivity index (χ3n) is 8.14. The molecule has 0 radical (unpaired) electrons. The quantitative estimate of drug-likeness (QED) is 0.731. The van der Waals surface area contributed by atoms with E-state index in [1.165, 1.54) is 32.1 Å². The highest BCUT2D eigenvalue weighted by Crippen LogP contribution is 2.64. The van der Waals surface area contributed by atoms with E-state index in [2.05, 4.69) is 19.9 Å². The molecule has 0 aromatic heterocycles. The van der Waals surface area contributed by atoms with E-state index in [0.29, 0.717) is 16.9 Å². The van der Waals surface area contributed by atoms with Gasteiger partial charge in [0.15, 0.2) is 0 Å². The number of methoxy groups -OCH3 is 1. The normalized spacial score (nSPS) is 54.2. The summed E-state index contributed by atoms with van der Waals surface area (Å²) in [6.45, 7) is 4.99. The van der Waals surface area contributed by atoms with Crippen LogP contribution in [0.3, 0.4) is 0 Å². The minimum Gasteiger partial charge on any atom is -0.393 e. The molecule has 0 saturated heterocycles. The van der Waals surface area contributed by atoms with Crippen LogP contribution in [-0.4, -0.2) is 24.4 Å². The van der Waals surface area contributed by atoms with Gasteiger partial charge in [0.2, 0.25) is 0 Å². The number of hydrogen-bond donors (Lipinski definition) is 1. The first-order chi connectivity index (χ1) is 10.5. The lowest BCUT2D eigenvalue weighted by Crippen LogP contribution is -2.49. The molecule has 0 aromatic carbocycles. The Morgan fingerprint density at radius 1 is 1.18 bits per heavy atom. The van der Waals surface area contributed by atoms with Gasteiger partial charge in [-0.1, -0.05) is 25.5 Å². The maximum Gasteiger partial charge on any atom is 0.0608 e. The van der Waals surface area contributed by atoms with Gasteiger partial charge in [0.25, 0.3) is 0 Å². The lowest BCUT2D eigenvalue weighted by atomic mass is 9.48. The molecule has 3 fully saturated rings. The van der Waals surface area contributed by atoms with Gasteiger partial charge in [-0.05, 0) is 80.0 Å². The topological polar surface area (TPSA) is 29.5 Å². The molecule has 0 amide bonds. The largest absolute Gasteiger partial charge is 0.393 e. The summed E-state index contributed by atoms with van der Waals surface area (Å²) < 4.78 is 5.65. The van der Waals surface area contributed by atoms with Gasteiger partial charge < -0.3 is 9.84 Å². The van der Waals surface area contributed by atoms with E-state index in [-0.39, 0.29) is 6.10 Å². The second-order valence-corrected chi connectivity index (χ2v) is 9.15. The van der Waals surface area contributed by atoms with Gasteiger partial charge in [-0.25, -0.2) is 0 Å². The second-order valence-electron chi connectivity index (χ2n) is 9.15. The van der Waals surface area contributed by atoms with Crippen LogP contribution in [0.4, 0.5) is 0 Å². The maximum absolute atomic E-state index is 10.2. The first-order valence-electron chi connectivity index (χ1n) is 9.37. The lowest BCUT2D eigenvalue weighted by molar-refractivity contribution is -0.0409. The molecule has 4 aliphatic rings. The fourth-order valence-electron chi connectivity index (χ4n) is 6.85. The molecular formula is C20H32O2. The monoisotopic (exact) mass is 304 g/mol.